The fraction of sp³-hybridized carbons (Fsp3) is 0.250. The molecular formula is C16H19BrClN3O3. The van der Waals surface area contributed by atoms with Crippen LogP contribution in [-0.2, 0) is 0 Å². The van der Waals surface area contributed by atoms with E-state index in [9.17, 15) is 9.59 Å². The van der Waals surface area contributed by atoms with E-state index in [0.717, 1.165) is 0 Å². The number of amides is 2. The molecular weight excluding hydrogens is 398 g/mol. The van der Waals surface area contributed by atoms with Gasteiger partial charge in [-0.1, -0.05) is 13.0 Å². The van der Waals surface area contributed by atoms with Gasteiger partial charge in [0, 0.05) is 17.8 Å². The van der Waals surface area contributed by atoms with Crippen LogP contribution < -0.4 is 16.4 Å². The number of furan rings is 1. The zero-order valence-corrected chi connectivity index (χ0v) is 15.4. The Labute approximate surface area is 154 Å². The number of rotatable bonds is 6. The standard InChI is InChI=1S/C16H18BrN3O3.ClH/c1-10(8-18)9-19-15(21)11-3-2-4-12(7-11)20-16(22)13-5-6-14(17)23-13;/h2-7,10H,8-9,18H2,1H3,(H,19,21)(H,20,22);1H. The molecule has 0 radical (unpaired) electrons. The maximum Gasteiger partial charge on any atom is 0.291 e. The van der Waals surface area contributed by atoms with Crippen LogP contribution in [0.2, 0.25) is 0 Å². The largest absolute Gasteiger partial charge is 0.444 e. The van der Waals surface area contributed by atoms with E-state index >= 15 is 0 Å². The third-order valence-electron chi connectivity index (χ3n) is 3.19. The zero-order valence-electron chi connectivity index (χ0n) is 13.0. The van der Waals surface area contributed by atoms with Crippen LogP contribution >= 0.6 is 28.3 Å². The van der Waals surface area contributed by atoms with Crippen molar-refractivity contribution in [1.82, 2.24) is 5.32 Å². The summed E-state index contributed by atoms with van der Waals surface area (Å²) in [5, 5.41) is 5.50. The smallest absolute Gasteiger partial charge is 0.291 e. The quantitative estimate of drug-likeness (QED) is 0.674. The van der Waals surface area contributed by atoms with Gasteiger partial charge in [0.1, 0.15) is 0 Å². The van der Waals surface area contributed by atoms with Crippen LogP contribution in [0, 0.1) is 5.92 Å². The lowest BCUT2D eigenvalue weighted by molar-refractivity contribution is 0.0946. The lowest BCUT2D eigenvalue weighted by Gasteiger charge is -2.11. The van der Waals surface area contributed by atoms with Gasteiger partial charge in [0.2, 0.25) is 0 Å². The number of benzene rings is 1. The number of carbonyl (C=O) groups is 2. The van der Waals surface area contributed by atoms with Crippen molar-refractivity contribution in [1.29, 1.82) is 0 Å². The molecule has 0 bridgehead atoms. The molecule has 0 aliphatic carbocycles. The minimum Gasteiger partial charge on any atom is -0.444 e. The molecule has 2 rings (SSSR count). The highest BCUT2D eigenvalue weighted by molar-refractivity contribution is 9.10. The highest BCUT2D eigenvalue weighted by Crippen LogP contribution is 2.17. The Morgan fingerprint density at radius 2 is 2.00 bits per heavy atom. The second-order valence-electron chi connectivity index (χ2n) is 5.19. The second kappa shape index (κ2) is 9.46. The van der Waals surface area contributed by atoms with E-state index < -0.39 is 0 Å². The van der Waals surface area contributed by atoms with Gasteiger partial charge in [0.15, 0.2) is 10.4 Å². The average Bonchev–Trinajstić information content (AvgIpc) is 2.99. The number of hydrogen-bond acceptors (Lipinski definition) is 4. The minimum atomic E-state index is -0.384. The van der Waals surface area contributed by atoms with E-state index in [0.29, 0.717) is 29.0 Å². The van der Waals surface area contributed by atoms with Crippen LogP contribution in [0.25, 0.3) is 0 Å². The van der Waals surface area contributed by atoms with Crippen molar-refractivity contribution >= 4 is 45.8 Å². The summed E-state index contributed by atoms with van der Waals surface area (Å²) in [7, 11) is 0. The summed E-state index contributed by atoms with van der Waals surface area (Å²) < 4.78 is 5.66. The molecule has 0 fully saturated rings. The summed E-state index contributed by atoms with van der Waals surface area (Å²) in [6, 6.07) is 9.89. The molecule has 0 aliphatic rings. The van der Waals surface area contributed by atoms with Crippen molar-refractivity contribution in [2.45, 2.75) is 6.92 Å². The molecule has 1 aromatic heterocycles. The average molecular weight is 417 g/mol. The van der Waals surface area contributed by atoms with Gasteiger partial charge in [-0.05, 0) is 58.7 Å². The lowest BCUT2D eigenvalue weighted by atomic mass is 10.1. The van der Waals surface area contributed by atoms with Gasteiger partial charge in [-0.2, -0.15) is 0 Å². The van der Waals surface area contributed by atoms with Gasteiger partial charge in [-0.25, -0.2) is 0 Å². The molecule has 1 atom stereocenters. The van der Waals surface area contributed by atoms with E-state index in [1.165, 1.54) is 0 Å². The second-order valence-corrected chi connectivity index (χ2v) is 5.97. The number of nitrogens with one attached hydrogen (secondary N) is 2. The van der Waals surface area contributed by atoms with Gasteiger partial charge < -0.3 is 20.8 Å². The highest BCUT2D eigenvalue weighted by atomic mass is 79.9. The van der Waals surface area contributed by atoms with Crippen molar-refractivity contribution in [2.24, 2.45) is 11.7 Å². The topological polar surface area (TPSA) is 97.4 Å². The van der Waals surface area contributed by atoms with Crippen LogP contribution in [-0.4, -0.2) is 24.9 Å². The lowest BCUT2D eigenvalue weighted by Crippen LogP contribution is -2.31. The third kappa shape index (κ3) is 5.67. The molecule has 6 nitrogen and oxygen atoms in total. The van der Waals surface area contributed by atoms with E-state index in [-0.39, 0.29) is 35.9 Å². The molecule has 130 valence electrons. The Morgan fingerprint density at radius 1 is 1.25 bits per heavy atom. The summed E-state index contributed by atoms with van der Waals surface area (Å²) in [4.78, 5) is 24.1. The first kappa shape index (κ1) is 20.2. The zero-order chi connectivity index (χ0) is 16.8. The van der Waals surface area contributed by atoms with Crippen molar-refractivity contribution in [3.63, 3.8) is 0 Å². The first-order valence-electron chi connectivity index (χ1n) is 7.14. The predicted octanol–water partition coefficient (Wildman–Crippen LogP) is 3.04. The predicted molar refractivity (Wildman–Crippen MR) is 98.6 cm³/mol. The van der Waals surface area contributed by atoms with Crippen LogP contribution in [0.15, 0.2) is 45.5 Å². The molecule has 0 saturated carbocycles. The number of anilines is 1. The molecule has 2 amide bonds. The van der Waals surface area contributed by atoms with Gasteiger partial charge in [-0.3, -0.25) is 9.59 Å². The number of carbonyl (C=O) groups excluding carboxylic acids is 2. The number of halogens is 2. The molecule has 0 saturated heterocycles. The fourth-order valence-electron chi connectivity index (χ4n) is 1.82. The Kier molecular flexibility index (Phi) is 7.97. The van der Waals surface area contributed by atoms with Crippen molar-refractivity contribution in [3.05, 3.63) is 52.4 Å². The van der Waals surface area contributed by atoms with Gasteiger partial charge in [0.25, 0.3) is 11.8 Å². The molecule has 8 heteroatoms. The van der Waals surface area contributed by atoms with Crippen molar-refractivity contribution in [3.8, 4) is 0 Å². The fourth-order valence-corrected chi connectivity index (χ4v) is 2.13. The Bertz CT molecular complexity index is 705. The number of nitrogens with two attached hydrogens (primary N) is 1. The minimum absolute atomic E-state index is 0. The summed E-state index contributed by atoms with van der Waals surface area (Å²) in [5.74, 6) is -0.199. The summed E-state index contributed by atoms with van der Waals surface area (Å²) in [6.07, 6.45) is 0. The first-order valence-corrected chi connectivity index (χ1v) is 7.94. The van der Waals surface area contributed by atoms with Crippen LogP contribution in [0.3, 0.4) is 0 Å². The van der Waals surface area contributed by atoms with E-state index in [1.807, 2.05) is 6.92 Å². The van der Waals surface area contributed by atoms with Crippen LogP contribution in [0.4, 0.5) is 5.69 Å². The van der Waals surface area contributed by atoms with Crippen molar-refractivity contribution in [2.75, 3.05) is 18.4 Å². The molecule has 4 N–H and O–H groups in total. The van der Waals surface area contributed by atoms with E-state index in [4.69, 9.17) is 10.2 Å². The van der Waals surface area contributed by atoms with Crippen LogP contribution in [0.5, 0.6) is 0 Å². The molecule has 1 aromatic carbocycles. The Hall–Kier alpha value is -1.83. The molecule has 0 spiro atoms. The third-order valence-corrected chi connectivity index (χ3v) is 3.62. The summed E-state index contributed by atoms with van der Waals surface area (Å²) in [6.45, 7) is 2.97. The van der Waals surface area contributed by atoms with Crippen molar-refractivity contribution < 1.29 is 14.0 Å². The molecule has 1 heterocycles. The molecule has 24 heavy (non-hydrogen) atoms. The molecule has 1 unspecified atom stereocenters. The maximum atomic E-state index is 12.1. The Morgan fingerprint density at radius 3 is 2.62 bits per heavy atom. The van der Waals surface area contributed by atoms with Gasteiger partial charge in [-0.15, -0.1) is 12.4 Å². The maximum absolute atomic E-state index is 12.1. The first-order chi connectivity index (χ1) is 11.0. The van der Waals surface area contributed by atoms with Crippen LogP contribution in [0.1, 0.15) is 27.8 Å². The molecule has 2 aromatic rings. The Balaban J connectivity index is 0.00000288. The van der Waals surface area contributed by atoms with Gasteiger partial charge in [0.05, 0.1) is 0 Å². The SMILES string of the molecule is CC(CN)CNC(=O)c1cccc(NC(=O)c2ccc(Br)o2)c1.Cl. The number of hydrogen-bond donors (Lipinski definition) is 3. The van der Waals surface area contributed by atoms with E-state index in [1.54, 1.807) is 36.4 Å². The normalized spacial score (nSPS) is 11.3. The monoisotopic (exact) mass is 415 g/mol. The highest BCUT2D eigenvalue weighted by Gasteiger charge is 2.12. The van der Waals surface area contributed by atoms with Gasteiger partial charge >= 0.3 is 0 Å². The summed E-state index contributed by atoms with van der Waals surface area (Å²) in [5.41, 5.74) is 6.50. The molecule has 0 aliphatic heterocycles. The van der Waals surface area contributed by atoms with E-state index in [2.05, 4.69) is 26.6 Å². The summed E-state index contributed by atoms with van der Waals surface area (Å²) >= 11 is 3.14.